The Hall–Kier alpha value is -1.89. The third kappa shape index (κ3) is 6.70. The van der Waals surface area contributed by atoms with Crippen molar-refractivity contribution in [3.05, 3.63) is 29.8 Å². The van der Waals surface area contributed by atoms with Crippen molar-refractivity contribution in [2.45, 2.75) is 51.0 Å². The average Bonchev–Trinajstić information content (AvgIpc) is 2.56. The SMILES string of the molecule is CCC(CC)NC(=O)COC(=O)CCS(=O)(=O)c1ccc(C)cc1. The monoisotopic (exact) mass is 355 g/mol. The van der Waals surface area contributed by atoms with E-state index in [9.17, 15) is 18.0 Å². The standard InChI is InChI=1S/C17H25NO5S/c1-4-14(5-2)18-16(19)12-23-17(20)10-11-24(21,22)15-8-6-13(3)7-9-15/h6-9,14H,4-5,10-12H2,1-3H3,(H,18,19). The molecule has 0 atom stereocenters. The van der Waals surface area contributed by atoms with Crippen LogP contribution in [0.15, 0.2) is 29.2 Å². The average molecular weight is 355 g/mol. The summed E-state index contributed by atoms with van der Waals surface area (Å²) in [5.41, 5.74) is 0.955. The van der Waals surface area contributed by atoms with Gasteiger partial charge in [0.2, 0.25) is 0 Å². The van der Waals surface area contributed by atoms with E-state index in [1.54, 1.807) is 12.1 Å². The molecule has 1 amide bonds. The van der Waals surface area contributed by atoms with E-state index in [0.717, 1.165) is 18.4 Å². The van der Waals surface area contributed by atoms with Crippen molar-refractivity contribution in [3.8, 4) is 0 Å². The lowest BCUT2D eigenvalue weighted by molar-refractivity contribution is -0.148. The Labute approximate surface area is 143 Å². The lowest BCUT2D eigenvalue weighted by Crippen LogP contribution is -2.37. The number of rotatable bonds is 9. The van der Waals surface area contributed by atoms with Crippen LogP contribution in [0.1, 0.15) is 38.7 Å². The van der Waals surface area contributed by atoms with Gasteiger partial charge in [0.25, 0.3) is 5.91 Å². The van der Waals surface area contributed by atoms with Crippen molar-refractivity contribution in [2.24, 2.45) is 0 Å². The summed E-state index contributed by atoms with van der Waals surface area (Å²) in [6.45, 7) is 5.38. The molecule has 1 aromatic carbocycles. The van der Waals surface area contributed by atoms with Gasteiger partial charge in [-0.25, -0.2) is 8.42 Å². The second-order valence-electron chi connectivity index (χ2n) is 5.62. The summed E-state index contributed by atoms with van der Waals surface area (Å²) in [5.74, 6) is -1.42. The Balaban J connectivity index is 2.43. The molecule has 0 aromatic heterocycles. The van der Waals surface area contributed by atoms with Crippen LogP contribution in [0, 0.1) is 6.92 Å². The highest BCUT2D eigenvalue weighted by Crippen LogP contribution is 2.13. The largest absolute Gasteiger partial charge is 0.456 e. The van der Waals surface area contributed by atoms with Crippen LogP contribution in [-0.2, 0) is 24.2 Å². The number of nitrogens with one attached hydrogen (secondary N) is 1. The van der Waals surface area contributed by atoms with Gasteiger partial charge in [0.15, 0.2) is 16.4 Å². The Morgan fingerprint density at radius 2 is 1.71 bits per heavy atom. The van der Waals surface area contributed by atoms with Gasteiger partial charge in [-0.05, 0) is 31.9 Å². The van der Waals surface area contributed by atoms with Gasteiger partial charge in [0.05, 0.1) is 17.1 Å². The molecule has 0 spiro atoms. The van der Waals surface area contributed by atoms with E-state index < -0.39 is 15.8 Å². The van der Waals surface area contributed by atoms with Crippen LogP contribution in [0.2, 0.25) is 0 Å². The van der Waals surface area contributed by atoms with Gasteiger partial charge in [-0.3, -0.25) is 9.59 Å². The molecule has 0 aliphatic heterocycles. The number of benzene rings is 1. The Morgan fingerprint density at radius 3 is 2.25 bits per heavy atom. The zero-order valence-corrected chi connectivity index (χ0v) is 15.2. The number of sulfone groups is 1. The lowest BCUT2D eigenvalue weighted by Gasteiger charge is -2.14. The highest BCUT2D eigenvalue weighted by molar-refractivity contribution is 7.91. The molecule has 0 bridgehead atoms. The quantitative estimate of drug-likeness (QED) is 0.684. The number of amides is 1. The van der Waals surface area contributed by atoms with Crippen LogP contribution in [0.3, 0.4) is 0 Å². The summed E-state index contributed by atoms with van der Waals surface area (Å²) in [4.78, 5) is 23.4. The summed E-state index contributed by atoms with van der Waals surface area (Å²) in [5, 5.41) is 2.74. The predicted octanol–water partition coefficient (Wildman–Crippen LogP) is 2.01. The first kappa shape index (κ1) is 20.2. The first-order valence-electron chi connectivity index (χ1n) is 8.03. The molecule has 1 rings (SSSR count). The topological polar surface area (TPSA) is 89.5 Å². The Morgan fingerprint density at radius 1 is 1.12 bits per heavy atom. The molecule has 134 valence electrons. The molecular weight excluding hydrogens is 330 g/mol. The van der Waals surface area contributed by atoms with Crippen LogP contribution in [0.5, 0.6) is 0 Å². The van der Waals surface area contributed by atoms with E-state index >= 15 is 0 Å². The van der Waals surface area contributed by atoms with Crippen molar-refractivity contribution in [1.29, 1.82) is 0 Å². The van der Waals surface area contributed by atoms with Crippen LogP contribution in [0.4, 0.5) is 0 Å². The first-order chi connectivity index (χ1) is 11.3. The van der Waals surface area contributed by atoms with Crippen molar-refractivity contribution >= 4 is 21.7 Å². The molecule has 24 heavy (non-hydrogen) atoms. The number of carbonyl (C=O) groups is 2. The smallest absolute Gasteiger partial charge is 0.307 e. The number of hydrogen-bond donors (Lipinski definition) is 1. The third-order valence-corrected chi connectivity index (χ3v) is 5.40. The van der Waals surface area contributed by atoms with E-state index in [0.29, 0.717) is 0 Å². The molecule has 6 nitrogen and oxygen atoms in total. The van der Waals surface area contributed by atoms with Crippen molar-refractivity contribution in [1.82, 2.24) is 5.32 Å². The van der Waals surface area contributed by atoms with Gasteiger partial charge < -0.3 is 10.1 Å². The van der Waals surface area contributed by atoms with E-state index in [1.165, 1.54) is 12.1 Å². The Bertz CT molecular complexity index is 648. The van der Waals surface area contributed by atoms with Gasteiger partial charge in [-0.2, -0.15) is 0 Å². The summed E-state index contributed by atoms with van der Waals surface area (Å²) >= 11 is 0. The van der Waals surface area contributed by atoms with E-state index in [2.05, 4.69) is 5.32 Å². The van der Waals surface area contributed by atoms with Crippen LogP contribution >= 0.6 is 0 Å². The molecule has 1 N–H and O–H groups in total. The number of esters is 1. The second kappa shape index (κ2) is 9.42. The van der Waals surface area contributed by atoms with Gasteiger partial charge in [-0.1, -0.05) is 31.5 Å². The van der Waals surface area contributed by atoms with Gasteiger partial charge in [-0.15, -0.1) is 0 Å². The zero-order chi connectivity index (χ0) is 18.2. The fourth-order valence-corrected chi connectivity index (χ4v) is 3.28. The first-order valence-corrected chi connectivity index (χ1v) is 9.68. The van der Waals surface area contributed by atoms with E-state index in [4.69, 9.17) is 4.74 Å². The third-order valence-electron chi connectivity index (χ3n) is 3.67. The zero-order valence-electron chi connectivity index (χ0n) is 14.4. The maximum Gasteiger partial charge on any atom is 0.307 e. The molecule has 0 heterocycles. The molecule has 0 fully saturated rings. The molecule has 0 saturated carbocycles. The van der Waals surface area contributed by atoms with E-state index in [-0.39, 0.29) is 35.6 Å². The van der Waals surface area contributed by atoms with E-state index in [1.807, 2.05) is 20.8 Å². The predicted molar refractivity (Wildman–Crippen MR) is 91.3 cm³/mol. The minimum Gasteiger partial charge on any atom is -0.456 e. The van der Waals surface area contributed by atoms with Gasteiger partial charge in [0.1, 0.15) is 0 Å². The highest BCUT2D eigenvalue weighted by Gasteiger charge is 2.18. The second-order valence-corrected chi connectivity index (χ2v) is 7.73. The molecule has 0 aliphatic carbocycles. The lowest BCUT2D eigenvalue weighted by atomic mass is 10.2. The fraction of sp³-hybridized carbons (Fsp3) is 0.529. The number of ether oxygens (including phenoxy) is 1. The summed E-state index contributed by atoms with van der Waals surface area (Å²) in [6.07, 6.45) is 1.31. The van der Waals surface area contributed by atoms with Crippen LogP contribution in [0.25, 0.3) is 0 Å². The van der Waals surface area contributed by atoms with Crippen molar-refractivity contribution < 1.29 is 22.7 Å². The molecule has 0 unspecified atom stereocenters. The molecule has 1 aromatic rings. The molecular formula is C17H25NO5S. The summed E-state index contributed by atoms with van der Waals surface area (Å²) in [7, 11) is -3.54. The molecule has 0 radical (unpaired) electrons. The van der Waals surface area contributed by atoms with Crippen LogP contribution in [-0.4, -0.2) is 38.7 Å². The number of aryl methyl sites for hydroxylation is 1. The molecule has 7 heteroatoms. The minimum atomic E-state index is -3.54. The van der Waals surface area contributed by atoms with Crippen LogP contribution < -0.4 is 5.32 Å². The molecule has 0 aliphatic rings. The van der Waals surface area contributed by atoms with Gasteiger partial charge >= 0.3 is 5.97 Å². The maximum absolute atomic E-state index is 12.1. The molecule has 0 saturated heterocycles. The van der Waals surface area contributed by atoms with Gasteiger partial charge in [0, 0.05) is 6.04 Å². The minimum absolute atomic E-state index is 0.0538. The fourth-order valence-electron chi connectivity index (χ4n) is 2.06. The Kier molecular flexibility index (Phi) is 7.91. The number of carbonyl (C=O) groups excluding carboxylic acids is 2. The van der Waals surface area contributed by atoms with Crippen molar-refractivity contribution in [3.63, 3.8) is 0 Å². The highest BCUT2D eigenvalue weighted by atomic mass is 32.2. The maximum atomic E-state index is 12.1. The van der Waals surface area contributed by atoms with Crippen molar-refractivity contribution in [2.75, 3.05) is 12.4 Å². The summed E-state index contributed by atoms with van der Waals surface area (Å²) in [6, 6.07) is 6.48. The normalized spacial score (nSPS) is 11.3. The summed E-state index contributed by atoms with van der Waals surface area (Å²) < 4.78 is 29.1. The number of hydrogen-bond acceptors (Lipinski definition) is 5.